The van der Waals surface area contributed by atoms with Crippen LogP contribution in [0.15, 0.2) is 77.0 Å². The molecule has 0 aliphatic heterocycles. The van der Waals surface area contributed by atoms with Crippen LogP contribution in [-0.4, -0.2) is 13.1 Å². The SMILES string of the molecule is CCc1cccc(/N=N/c2cc(CC)ccc2-c2ccc(C(=O)OC)cc2)c1. The van der Waals surface area contributed by atoms with Gasteiger partial charge in [0.05, 0.1) is 24.0 Å². The van der Waals surface area contributed by atoms with Gasteiger partial charge in [0, 0.05) is 5.56 Å². The third kappa shape index (κ3) is 4.52. The van der Waals surface area contributed by atoms with Gasteiger partial charge in [-0.2, -0.15) is 5.11 Å². The van der Waals surface area contributed by atoms with Crippen LogP contribution in [0.25, 0.3) is 11.1 Å². The first kappa shape index (κ1) is 19.5. The Kier molecular flexibility index (Phi) is 6.33. The van der Waals surface area contributed by atoms with E-state index >= 15 is 0 Å². The van der Waals surface area contributed by atoms with Crippen molar-refractivity contribution >= 4 is 17.3 Å². The van der Waals surface area contributed by atoms with Gasteiger partial charge < -0.3 is 4.74 Å². The van der Waals surface area contributed by atoms with Crippen molar-refractivity contribution in [2.24, 2.45) is 10.2 Å². The highest BCUT2D eigenvalue weighted by atomic mass is 16.5. The minimum atomic E-state index is -0.344. The summed E-state index contributed by atoms with van der Waals surface area (Å²) in [6.07, 6.45) is 1.89. The maximum absolute atomic E-state index is 11.7. The van der Waals surface area contributed by atoms with Gasteiger partial charge in [0.25, 0.3) is 0 Å². The lowest BCUT2D eigenvalue weighted by Gasteiger charge is -2.08. The molecule has 0 amide bonds. The number of methoxy groups -OCH3 is 1. The topological polar surface area (TPSA) is 51.0 Å². The molecule has 3 rings (SSSR count). The highest BCUT2D eigenvalue weighted by molar-refractivity contribution is 5.90. The molecule has 0 saturated heterocycles. The summed E-state index contributed by atoms with van der Waals surface area (Å²) in [4.78, 5) is 11.7. The Morgan fingerprint density at radius 2 is 1.57 bits per heavy atom. The maximum atomic E-state index is 11.7. The number of rotatable bonds is 6. The third-order valence-electron chi connectivity index (χ3n) is 4.68. The number of hydrogen-bond donors (Lipinski definition) is 0. The molecule has 0 saturated carbocycles. The molecule has 0 radical (unpaired) electrons. The quantitative estimate of drug-likeness (QED) is 0.358. The predicted molar refractivity (Wildman–Crippen MR) is 113 cm³/mol. The van der Waals surface area contributed by atoms with Crippen LogP contribution in [0.1, 0.15) is 35.3 Å². The molecular formula is C24H24N2O2. The van der Waals surface area contributed by atoms with Crippen molar-refractivity contribution in [2.75, 3.05) is 7.11 Å². The fourth-order valence-electron chi connectivity index (χ4n) is 2.98. The van der Waals surface area contributed by atoms with Crippen LogP contribution in [0.3, 0.4) is 0 Å². The van der Waals surface area contributed by atoms with E-state index in [2.05, 4.69) is 54.4 Å². The number of carbonyl (C=O) groups is 1. The third-order valence-corrected chi connectivity index (χ3v) is 4.68. The van der Waals surface area contributed by atoms with Crippen molar-refractivity contribution in [3.8, 4) is 11.1 Å². The summed E-state index contributed by atoms with van der Waals surface area (Å²) < 4.78 is 4.77. The van der Waals surface area contributed by atoms with Gasteiger partial charge >= 0.3 is 5.97 Å². The van der Waals surface area contributed by atoms with Crippen LogP contribution in [0.5, 0.6) is 0 Å². The number of nitrogens with zero attached hydrogens (tertiary/aromatic N) is 2. The Bertz CT molecular complexity index is 992. The number of ether oxygens (including phenoxy) is 1. The van der Waals surface area contributed by atoms with E-state index < -0.39 is 0 Å². The minimum absolute atomic E-state index is 0.344. The highest BCUT2D eigenvalue weighted by Gasteiger charge is 2.09. The molecule has 0 aliphatic rings. The molecule has 0 unspecified atom stereocenters. The molecule has 0 atom stereocenters. The Morgan fingerprint density at radius 3 is 2.25 bits per heavy atom. The fraction of sp³-hybridized carbons (Fsp3) is 0.208. The monoisotopic (exact) mass is 372 g/mol. The van der Waals surface area contributed by atoms with E-state index in [4.69, 9.17) is 4.74 Å². The zero-order chi connectivity index (χ0) is 19.9. The van der Waals surface area contributed by atoms with Crippen LogP contribution in [0.2, 0.25) is 0 Å². The van der Waals surface area contributed by atoms with E-state index in [1.54, 1.807) is 12.1 Å². The summed E-state index contributed by atoms with van der Waals surface area (Å²) in [5.41, 5.74) is 6.57. The number of esters is 1. The van der Waals surface area contributed by atoms with Crippen LogP contribution in [-0.2, 0) is 17.6 Å². The van der Waals surface area contributed by atoms with E-state index in [-0.39, 0.29) is 5.97 Å². The van der Waals surface area contributed by atoms with Gasteiger partial charge in [-0.05, 0) is 59.9 Å². The summed E-state index contributed by atoms with van der Waals surface area (Å²) in [6.45, 7) is 4.24. The largest absolute Gasteiger partial charge is 0.465 e. The summed E-state index contributed by atoms with van der Waals surface area (Å²) in [7, 11) is 1.38. The minimum Gasteiger partial charge on any atom is -0.465 e. The Labute approximate surface area is 165 Å². The number of azo groups is 1. The molecule has 0 spiro atoms. The van der Waals surface area contributed by atoms with Gasteiger partial charge in [0.15, 0.2) is 0 Å². The molecule has 0 fully saturated rings. The van der Waals surface area contributed by atoms with E-state index in [1.165, 1.54) is 18.2 Å². The second-order valence-electron chi connectivity index (χ2n) is 6.50. The van der Waals surface area contributed by atoms with E-state index in [9.17, 15) is 4.79 Å². The molecule has 4 heteroatoms. The second kappa shape index (κ2) is 9.09. The standard InChI is InChI=1S/C24H24N2O2/c1-4-17-7-6-8-21(15-17)25-26-23-16-18(5-2)9-14-22(23)19-10-12-20(13-11-19)24(27)28-3/h6-16H,4-5H2,1-3H3/b26-25+. The molecule has 3 aromatic rings. The summed E-state index contributed by atoms with van der Waals surface area (Å²) in [6, 6.07) is 21.7. The first-order chi connectivity index (χ1) is 13.6. The molecule has 28 heavy (non-hydrogen) atoms. The van der Waals surface area contributed by atoms with Crippen molar-refractivity contribution in [1.82, 2.24) is 0 Å². The molecule has 0 aromatic heterocycles. The highest BCUT2D eigenvalue weighted by Crippen LogP contribution is 2.33. The summed E-state index contributed by atoms with van der Waals surface area (Å²) >= 11 is 0. The van der Waals surface area contributed by atoms with Crippen LogP contribution in [0, 0.1) is 0 Å². The lowest BCUT2D eigenvalue weighted by Crippen LogP contribution is -2.00. The molecule has 0 aliphatic carbocycles. The normalized spacial score (nSPS) is 11.0. The Morgan fingerprint density at radius 1 is 0.857 bits per heavy atom. The van der Waals surface area contributed by atoms with Gasteiger partial charge in [-0.25, -0.2) is 4.79 Å². The average Bonchev–Trinajstić information content (AvgIpc) is 2.77. The smallest absolute Gasteiger partial charge is 0.337 e. The van der Waals surface area contributed by atoms with E-state index in [0.717, 1.165) is 35.3 Å². The van der Waals surface area contributed by atoms with Gasteiger partial charge in [-0.1, -0.05) is 50.2 Å². The number of aryl methyl sites for hydroxylation is 2. The number of benzene rings is 3. The Balaban J connectivity index is 1.98. The lowest BCUT2D eigenvalue weighted by atomic mass is 10.00. The van der Waals surface area contributed by atoms with Crippen LogP contribution in [0.4, 0.5) is 11.4 Å². The van der Waals surface area contributed by atoms with Crippen molar-refractivity contribution in [2.45, 2.75) is 26.7 Å². The zero-order valence-electron chi connectivity index (χ0n) is 16.5. The van der Waals surface area contributed by atoms with Crippen molar-refractivity contribution in [1.29, 1.82) is 0 Å². The molecule has 3 aromatic carbocycles. The number of carbonyl (C=O) groups excluding carboxylic acids is 1. The van der Waals surface area contributed by atoms with Crippen LogP contribution < -0.4 is 0 Å². The number of hydrogen-bond acceptors (Lipinski definition) is 4. The van der Waals surface area contributed by atoms with Crippen molar-refractivity contribution < 1.29 is 9.53 Å². The molecule has 0 bridgehead atoms. The van der Waals surface area contributed by atoms with Crippen molar-refractivity contribution in [3.05, 3.63) is 83.4 Å². The first-order valence-corrected chi connectivity index (χ1v) is 9.47. The van der Waals surface area contributed by atoms with Crippen LogP contribution >= 0.6 is 0 Å². The first-order valence-electron chi connectivity index (χ1n) is 9.47. The lowest BCUT2D eigenvalue weighted by molar-refractivity contribution is 0.0601. The van der Waals surface area contributed by atoms with Gasteiger partial charge in [0.2, 0.25) is 0 Å². The molecule has 0 heterocycles. The average molecular weight is 372 g/mol. The molecular weight excluding hydrogens is 348 g/mol. The molecule has 4 nitrogen and oxygen atoms in total. The van der Waals surface area contributed by atoms with E-state index in [1.807, 2.05) is 24.3 Å². The zero-order valence-corrected chi connectivity index (χ0v) is 16.5. The maximum Gasteiger partial charge on any atom is 0.337 e. The summed E-state index contributed by atoms with van der Waals surface area (Å²) in [5, 5.41) is 9.00. The van der Waals surface area contributed by atoms with E-state index in [0.29, 0.717) is 5.56 Å². The van der Waals surface area contributed by atoms with Crippen molar-refractivity contribution in [3.63, 3.8) is 0 Å². The Hall–Kier alpha value is -3.27. The molecule has 142 valence electrons. The van der Waals surface area contributed by atoms with Gasteiger partial charge in [0.1, 0.15) is 0 Å². The fourth-order valence-corrected chi connectivity index (χ4v) is 2.98. The van der Waals surface area contributed by atoms with Gasteiger partial charge in [-0.15, -0.1) is 5.11 Å². The predicted octanol–water partition coefficient (Wildman–Crippen LogP) is 6.68. The summed E-state index contributed by atoms with van der Waals surface area (Å²) in [5.74, 6) is -0.344. The second-order valence-corrected chi connectivity index (χ2v) is 6.50. The molecule has 0 N–H and O–H groups in total. The van der Waals surface area contributed by atoms with Gasteiger partial charge in [-0.3, -0.25) is 0 Å².